The highest BCUT2D eigenvalue weighted by Crippen LogP contribution is 2.29. The topological polar surface area (TPSA) is 93.7 Å². The molecule has 3 aromatic carbocycles. The maximum absolute atomic E-state index is 12.5. The molecule has 7 heteroatoms. The molecule has 0 aromatic heterocycles. The SMILES string of the molecule is CNC(=O)NC(=O)C(OC(=O)COc1ccccc1-c1ccccc1)c1ccccc1. The van der Waals surface area contributed by atoms with Gasteiger partial charge in [0.15, 0.2) is 6.61 Å². The molecule has 31 heavy (non-hydrogen) atoms. The zero-order valence-corrected chi connectivity index (χ0v) is 16.9. The van der Waals surface area contributed by atoms with Crippen molar-refractivity contribution >= 4 is 17.9 Å². The average molecular weight is 418 g/mol. The van der Waals surface area contributed by atoms with E-state index in [2.05, 4.69) is 10.6 Å². The molecule has 0 aliphatic heterocycles. The van der Waals surface area contributed by atoms with Crippen LogP contribution in [0.2, 0.25) is 0 Å². The van der Waals surface area contributed by atoms with Gasteiger partial charge in [0.2, 0.25) is 6.10 Å². The second-order valence-corrected chi connectivity index (χ2v) is 6.50. The van der Waals surface area contributed by atoms with Crippen molar-refractivity contribution in [1.29, 1.82) is 0 Å². The molecule has 0 bridgehead atoms. The number of para-hydroxylation sites is 1. The zero-order chi connectivity index (χ0) is 22.1. The molecular formula is C24H22N2O5. The summed E-state index contributed by atoms with van der Waals surface area (Å²) in [4.78, 5) is 36.5. The number of esters is 1. The molecule has 0 fully saturated rings. The van der Waals surface area contributed by atoms with E-state index in [1.54, 1.807) is 42.5 Å². The lowest BCUT2D eigenvalue weighted by molar-refractivity contribution is -0.158. The summed E-state index contributed by atoms with van der Waals surface area (Å²) in [6.45, 7) is -0.402. The minimum absolute atomic E-state index is 0.402. The first-order valence-corrected chi connectivity index (χ1v) is 9.62. The Bertz CT molecular complexity index is 1040. The minimum atomic E-state index is -1.29. The lowest BCUT2D eigenvalue weighted by Crippen LogP contribution is -2.41. The number of carbonyl (C=O) groups excluding carboxylic acids is 3. The molecule has 0 spiro atoms. The number of amides is 3. The number of ether oxygens (including phenoxy) is 2. The van der Waals surface area contributed by atoms with Crippen molar-refractivity contribution in [3.63, 3.8) is 0 Å². The third-order valence-electron chi connectivity index (χ3n) is 4.37. The van der Waals surface area contributed by atoms with E-state index in [0.717, 1.165) is 11.1 Å². The molecule has 3 aromatic rings. The Morgan fingerprint density at radius 2 is 1.45 bits per heavy atom. The summed E-state index contributed by atoms with van der Waals surface area (Å²) in [5.41, 5.74) is 2.20. The smallest absolute Gasteiger partial charge is 0.345 e. The Kier molecular flexibility index (Phi) is 7.37. The van der Waals surface area contributed by atoms with E-state index in [4.69, 9.17) is 9.47 Å². The van der Waals surface area contributed by atoms with Crippen LogP contribution < -0.4 is 15.4 Å². The predicted molar refractivity (Wildman–Crippen MR) is 115 cm³/mol. The van der Waals surface area contributed by atoms with Crippen LogP contribution in [0.25, 0.3) is 11.1 Å². The predicted octanol–water partition coefficient (Wildman–Crippen LogP) is 3.47. The van der Waals surface area contributed by atoms with Crippen LogP contribution in [-0.4, -0.2) is 31.6 Å². The van der Waals surface area contributed by atoms with Gasteiger partial charge in [-0.2, -0.15) is 0 Å². The highest BCUT2D eigenvalue weighted by Gasteiger charge is 2.26. The van der Waals surface area contributed by atoms with Gasteiger partial charge < -0.3 is 14.8 Å². The van der Waals surface area contributed by atoms with Gasteiger partial charge in [-0.3, -0.25) is 10.1 Å². The van der Waals surface area contributed by atoms with Crippen LogP contribution in [0, 0.1) is 0 Å². The van der Waals surface area contributed by atoms with Gasteiger partial charge >= 0.3 is 12.0 Å². The van der Waals surface area contributed by atoms with Gasteiger partial charge in [-0.05, 0) is 11.6 Å². The summed E-state index contributed by atoms with van der Waals surface area (Å²) in [6.07, 6.45) is -1.29. The summed E-state index contributed by atoms with van der Waals surface area (Å²) in [5, 5.41) is 4.42. The van der Waals surface area contributed by atoms with Crippen LogP contribution in [0.4, 0.5) is 4.79 Å². The van der Waals surface area contributed by atoms with E-state index in [0.29, 0.717) is 11.3 Å². The summed E-state index contributed by atoms with van der Waals surface area (Å²) in [7, 11) is 1.38. The number of urea groups is 1. The van der Waals surface area contributed by atoms with E-state index >= 15 is 0 Å². The number of benzene rings is 3. The molecule has 0 saturated carbocycles. The van der Waals surface area contributed by atoms with Crippen LogP contribution in [-0.2, 0) is 14.3 Å². The molecule has 0 aliphatic carbocycles. The van der Waals surface area contributed by atoms with E-state index < -0.39 is 30.6 Å². The van der Waals surface area contributed by atoms with Gasteiger partial charge in [-0.1, -0.05) is 78.9 Å². The fraction of sp³-hybridized carbons (Fsp3) is 0.125. The Hall–Kier alpha value is -4.13. The van der Waals surface area contributed by atoms with Gasteiger partial charge in [0, 0.05) is 18.2 Å². The third-order valence-corrected chi connectivity index (χ3v) is 4.37. The Morgan fingerprint density at radius 3 is 2.13 bits per heavy atom. The quantitative estimate of drug-likeness (QED) is 0.573. The van der Waals surface area contributed by atoms with Crippen molar-refractivity contribution in [3.05, 3.63) is 90.5 Å². The number of nitrogens with one attached hydrogen (secondary N) is 2. The summed E-state index contributed by atoms with van der Waals surface area (Å²) in [5.74, 6) is -0.996. The van der Waals surface area contributed by atoms with Gasteiger partial charge in [-0.25, -0.2) is 9.59 Å². The Labute approximate surface area is 180 Å². The molecule has 3 amide bonds. The van der Waals surface area contributed by atoms with Crippen LogP contribution >= 0.6 is 0 Å². The number of imide groups is 1. The fourth-order valence-electron chi connectivity index (χ4n) is 2.89. The number of rotatable bonds is 7. The zero-order valence-electron chi connectivity index (χ0n) is 16.9. The van der Waals surface area contributed by atoms with Gasteiger partial charge in [0.1, 0.15) is 5.75 Å². The number of hydrogen-bond donors (Lipinski definition) is 2. The maximum Gasteiger partial charge on any atom is 0.345 e. The van der Waals surface area contributed by atoms with Crippen LogP contribution in [0.15, 0.2) is 84.9 Å². The molecule has 2 N–H and O–H groups in total. The standard InChI is InChI=1S/C24H22N2O5/c1-25-24(29)26-23(28)22(18-12-6-3-7-13-18)31-21(27)16-30-20-15-9-8-14-19(20)17-10-4-2-5-11-17/h2-15,22H,16H2,1H3,(H2,25,26,28,29). The first-order valence-electron chi connectivity index (χ1n) is 9.62. The second-order valence-electron chi connectivity index (χ2n) is 6.50. The van der Waals surface area contributed by atoms with Crippen LogP contribution in [0.5, 0.6) is 5.75 Å². The highest BCUT2D eigenvalue weighted by atomic mass is 16.6. The van der Waals surface area contributed by atoms with Gasteiger partial charge in [0.25, 0.3) is 5.91 Å². The molecule has 0 aliphatic rings. The van der Waals surface area contributed by atoms with Crippen LogP contribution in [0.1, 0.15) is 11.7 Å². The Morgan fingerprint density at radius 1 is 0.839 bits per heavy atom. The molecule has 7 nitrogen and oxygen atoms in total. The highest BCUT2D eigenvalue weighted by molar-refractivity contribution is 5.97. The van der Waals surface area contributed by atoms with Crippen molar-refractivity contribution in [2.75, 3.05) is 13.7 Å². The second kappa shape index (κ2) is 10.6. The monoisotopic (exact) mass is 418 g/mol. The lowest BCUT2D eigenvalue weighted by Gasteiger charge is -2.18. The molecule has 0 saturated heterocycles. The normalized spacial score (nSPS) is 11.1. The fourth-order valence-corrected chi connectivity index (χ4v) is 2.89. The van der Waals surface area contributed by atoms with E-state index in [1.807, 2.05) is 42.5 Å². The van der Waals surface area contributed by atoms with Gasteiger partial charge in [-0.15, -0.1) is 0 Å². The van der Waals surface area contributed by atoms with Crippen molar-refractivity contribution < 1.29 is 23.9 Å². The average Bonchev–Trinajstić information content (AvgIpc) is 2.82. The molecule has 1 unspecified atom stereocenters. The van der Waals surface area contributed by atoms with Gasteiger partial charge in [0.05, 0.1) is 0 Å². The van der Waals surface area contributed by atoms with Crippen LogP contribution in [0.3, 0.4) is 0 Å². The minimum Gasteiger partial charge on any atom is -0.481 e. The molecule has 0 radical (unpaired) electrons. The summed E-state index contributed by atoms with van der Waals surface area (Å²) >= 11 is 0. The molecular weight excluding hydrogens is 396 g/mol. The molecule has 158 valence electrons. The van der Waals surface area contributed by atoms with E-state index in [9.17, 15) is 14.4 Å². The number of hydrogen-bond acceptors (Lipinski definition) is 5. The summed E-state index contributed by atoms with van der Waals surface area (Å²) < 4.78 is 11.0. The van der Waals surface area contributed by atoms with E-state index in [-0.39, 0.29) is 0 Å². The third kappa shape index (κ3) is 5.93. The van der Waals surface area contributed by atoms with Crippen molar-refractivity contribution in [3.8, 4) is 16.9 Å². The molecule has 3 rings (SSSR count). The number of carbonyl (C=O) groups is 3. The van der Waals surface area contributed by atoms with E-state index in [1.165, 1.54) is 7.05 Å². The maximum atomic E-state index is 12.5. The lowest BCUT2D eigenvalue weighted by atomic mass is 10.1. The summed E-state index contributed by atoms with van der Waals surface area (Å²) in [6, 6.07) is 24.7. The molecule has 0 heterocycles. The first-order chi connectivity index (χ1) is 15.1. The van der Waals surface area contributed by atoms with Crippen molar-refractivity contribution in [2.24, 2.45) is 0 Å². The first kappa shape index (κ1) is 21.6. The van der Waals surface area contributed by atoms with Crippen molar-refractivity contribution in [1.82, 2.24) is 10.6 Å². The van der Waals surface area contributed by atoms with Crippen molar-refractivity contribution in [2.45, 2.75) is 6.10 Å². The largest absolute Gasteiger partial charge is 0.481 e. The molecule has 1 atom stereocenters. The Balaban J connectivity index is 1.71.